The van der Waals surface area contributed by atoms with Crippen LogP contribution in [0, 0.1) is 0 Å². The second-order valence-electron chi connectivity index (χ2n) is 0.0540. The van der Waals surface area contributed by atoms with E-state index in [1.165, 1.54) is 0 Å². The Morgan fingerprint density at radius 3 is 1.25 bits per heavy atom. The summed E-state index contributed by atoms with van der Waals surface area (Å²) in [6.45, 7) is 0. The second-order valence-corrected chi connectivity index (χ2v) is 16.3. The van der Waals surface area contributed by atoms with Crippen LogP contribution in [0.4, 0.5) is 0 Å². The van der Waals surface area contributed by atoms with Gasteiger partial charge in [0.2, 0.25) is 0 Å². The monoisotopic (exact) mass is 593 g/mol. The van der Waals surface area contributed by atoms with Gasteiger partial charge in [0.05, 0.1) is 0 Å². The van der Waals surface area contributed by atoms with Crippen molar-refractivity contribution < 1.29 is 13.3 Å². The fraction of sp³-hybridized carbons (Fsp3) is 0. The molecule has 0 heterocycles. The van der Waals surface area contributed by atoms with Gasteiger partial charge >= 0.3 is 76.7 Å². The van der Waals surface area contributed by atoms with Gasteiger partial charge in [0.1, 0.15) is 0 Å². The molecule has 0 rings (SSSR count). The van der Waals surface area contributed by atoms with Gasteiger partial charge in [0.25, 0.3) is 0 Å². The van der Waals surface area contributed by atoms with E-state index in [-0.39, 0.29) is 26.2 Å². The zero-order valence-corrected chi connectivity index (χ0v) is 13.8. The molecule has 4 heavy (non-hydrogen) atoms. The zero-order chi connectivity index (χ0) is 2.71. The Balaban J connectivity index is 0. The molecule has 0 unspecified atom stereocenters. The van der Waals surface area contributed by atoms with Crippen LogP contribution in [0.3, 0.4) is 0 Å². The third-order valence-electron chi connectivity index (χ3n) is 0. The molecule has 0 aliphatic carbocycles. The van der Waals surface area contributed by atoms with Crippen molar-refractivity contribution >= 4 is 63.4 Å². The fourth-order valence-corrected chi connectivity index (χ4v) is 0. The minimum atomic E-state index is 0. The fourth-order valence-electron chi connectivity index (χ4n) is 0. The van der Waals surface area contributed by atoms with Crippen LogP contribution in [-0.4, -0.2) is 26.2 Å². The normalized spacial score (nSPS) is 5.50. The first-order valence-electron chi connectivity index (χ1n) is 0.286. The Hall–Kier alpha value is 3.07. The SMILES string of the molecule is I[I-]I.[BiH3]. The van der Waals surface area contributed by atoms with Crippen LogP contribution in [0.5, 0.6) is 0 Å². The summed E-state index contributed by atoms with van der Waals surface area (Å²) in [4.78, 5) is 0. The van der Waals surface area contributed by atoms with Gasteiger partial charge in [-0.15, -0.1) is 0 Å². The molecule has 0 aliphatic rings. The van der Waals surface area contributed by atoms with Crippen LogP contribution >= 0.6 is 37.2 Å². The van der Waals surface area contributed by atoms with Gasteiger partial charge < -0.3 is 0 Å². The molecule has 0 fully saturated rings. The van der Waals surface area contributed by atoms with Gasteiger partial charge in [0.15, 0.2) is 0 Å². The summed E-state index contributed by atoms with van der Waals surface area (Å²) < 4.78 is 0. The third kappa shape index (κ3) is 8.91. The quantitative estimate of drug-likeness (QED) is 0.217. The van der Waals surface area contributed by atoms with Crippen LogP contribution in [0.15, 0.2) is 0 Å². The standard InChI is InChI=1S/Bi.I3.3H/c;1-3-2;;;/q;-1;;;. The summed E-state index contributed by atoms with van der Waals surface area (Å²) >= 11 is 5.30. The number of rotatable bonds is 0. The molecule has 0 bridgehead atoms. The maximum absolute atomic E-state index is 2.39. The van der Waals surface area contributed by atoms with Gasteiger partial charge in [-0.3, -0.25) is 0 Å². The molecule has 0 aromatic rings. The van der Waals surface area contributed by atoms with E-state index in [2.05, 4.69) is 37.2 Å². The van der Waals surface area contributed by atoms with Crippen LogP contribution in [0.25, 0.3) is 0 Å². The van der Waals surface area contributed by atoms with Gasteiger partial charge in [-0.05, 0) is 0 Å². The molecule has 0 amide bonds. The molecular weight excluding hydrogens is 590 g/mol. The Morgan fingerprint density at radius 2 is 1.25 bits per heavy atom. The predicted octanol–water partition coefficient (Wildman–Crippen LogP) is -2.41. The van der Waals surface area contributed by atoms with Crippen molar-refractivity contribution in [3.8, 4) is 0 Å². The summed E-state index contributed by atoms with van der Waals surface area (Å²) in [5.74, 6) is 0. The Kier molecular flexibility index (Phi) is 23.9. The second kappa shape index (κ2) is 9.42. The summed E-state index contributed by atoms with van der Waals surface area (Å²) in [6.07, 6.45) is 0. The van der Waals surface area contributed by atoms with E-state index >= 15 is 0 Å². The van der Waals surface area contributed by atoms with E-state index in [1.54, 1.807) is 0 Å². The summed E-state index contributed by atoms with van der Waals surface area (Å²) in [6, 6.07) is 0. The van der Waals surface area contributed by atoms with Crippen molar-refractivity contribution in [2.45, 2.75) is 0 Å². The topological polar surface area (TPSA) is 0 Å². The molecule has 0 aromatic carbocycles. The molecule has 0 N–H and O–H groups in total. The molecule has 30 valence electrons. The molecule has 0 nitrogen and oxygen atoms in total. The van der Waals surface area contributed by atoms with Gasteiger partial charge in [-0.2, -0.15) is 0 Å². The van der Waals surface area contributed by atoms with Gasteiger partial charge in [-0.25, -0.2) is 0 Å². The molecule has 0 aliphatic heterocycles. The first-order chi connectivity index (χ1) is 1.41. The molecular formula is H3BiI3-. The van der Waals surface area contributed by atoms with Crippen LogP contribution in [0.2, 0.25) is 0 Å². The average Bonchev–Trinajstić information content (AvgIpc) is 0.918. The summed E-state index contributed by atoms with van der Waals surface area (Å²) in [5.41, 5.74) is 0. The zero-order valence-electron chi connectivity index (χ0n) is 1.84. The number of hydrogen-bond donors (Lipinski definition) is 0. The molecule has 0 radical (unpaired) electrons. The van der Waals surface area contributed by atoms with Crippen molar-refractivity contribution in [1.82, 2.24) is 0 Å². The third-order valence-corrected chi connectivity index (χ3v) is 0. The maximum atomic E-state index is 2.39. The molecule has 0 spiro atoms. The first-order valence-corrected chi connectivity index (χ1v) is 12.9. The van der Waals surface area contributed by atoms with Crippen molar-refractivity contribution in [3.63, 3.8) is 0 Å². The van der Waals surface area contributed by atoms with Gasteiger partial charge in [0, 0.05) is 0 Å². The van der Waals surface area contributed by atoms with Crippen LogP contribution in [-0.2, 0) is 0 Å². The van der Waals surface area contributed by atoms with Gasteiger partial charge in [-0.1, -0.05) is 0 Å². The van der Waals surface area contributed by atoms with Crippen molar-refractivity contribution in [2.24, 2.45) is 0 Å². The molecule has 0 atom stereocenters. The van der Waals surface area contributed by atoms with E-state index in [0.717, 1.165) is 0 Å². The van der Waals surface area contributed by atoms with Crippen molar-refractivity contribution in [1.29, 1.82) is 0 Å². The van der Waals surface area contributed by atoms with Crippen molar-refractivity contribution in [2.75, 3.05) is 0 Å². The minimum absolute atomic E-state index is 0. The molecule has 0 saturated carbocycles. The van der Waals surface area contributed by atoms with Crippen LogP contribution < -0.4 is 13.3 Å². The van der Waals surface area contributed by atoms with E-state index in [1.807, 2.05) is 0 Å². The Morgan fingerprint density at radius 1 is 1.25 bits per heavy atom. The average molecular weight is 593 g/mol. The van der Waals surface area contributed by atoms with E-state index < -0.39 is 0 Å². The van der Waals surface area contributed by atoms with E-state index in [4.69, 9.17) is 0 Å². The summed E-state index contributed by atoms with van der Waals surface area (Å²) in [5, 5.41) is 0. The van der Waals surface area contributed by atoms with E-state index in [9.17, 15) is 0 Å². The van der Waals surface area contributed by atoms with Crippen molar-refractivity contribution in [3.05, 3.63) is 0 Å². The Labute approximate surface area is 74.6 Å². The number of halogens is 3. The first kappa shape index (κ1) is 10.1. The predicted molar refractivity (Wildman–Crippen MR) is 38.0 cm³/mol. The summed E-state index contributed by atoms with van der Waals surface area (Å²) in [7, 11) is 0. The molecule has 0 aromatic heterocycles. The molecule has 0 saturated heterocycles. The number of hydrogen-bond acceptors (Lipinski definition) is 0. The van der Waals surface area contributed by atoms with E-state index in [0.29, 0.717) is 13.3 Å². The Bertz CT molecular complexity index is 3.25. The molecule has 4 heteroatoms. The van der Waals surface area contributed by atoms with Crippen LogP contribution in [0.1, 0.15) is 0 Å².